The zero-order chi connectivity index (χ0) is 16.8. The highest BCUT2D eigenvalue weighted by Gasteiger charge is 2.05. The van der Waals surface area contributed by atoms with Crippen LogP contribution in [0.5, 0.6) is 0 Å². The Morgan fingerprint density at radius 1 is 1.20 bits per heavy atom. The minimum absolute atomic E-state index is 0. The number of pyridine rings is 2. The highest BCUT2D eigenvalue weighted by molar-refractivity contribution is 14.0. The van der Waals surface area contributed by atoms with E-state index in [9.17, 15) is 0 Å². The number of nitrogens with zero attached hydrogens (tertiary/aromatic N) is 5. The molecule has 0 aliphatic carbocycles. The Balaban J connectivity index is 0.00000225. The summed E-state index contributed by atoms with van der Waals surface area (Å²) in [7, 11) is 1.74. The van der Waals surface area contributed by atoms with Crippen molar-refractivity contribution in [2.45, 2.75) is 13.0 Å². The molecular weight excluding hydrogens is 453 g/mol. The SMILES string of the molecule is CN=C(NCCc1ccc(Cl)nc1)NCc1nnc2ccccn12.I. The largest absolute Gasteiger partial charge is 0.356 e. The molecule has 0 fully saturated rings. The zero-order valence-electron chi connectivity index (χ0n) is 13.7. The Labute approximate surface area is 168 Å². The fourth-order valence-corrected chi connectivity index (χ4v) is 2.39. The van der Waals surface area contributed by atoms with Crippen molar-refractivity contribution < 1.29 is 0 Å². The molecular formula is C16H19ClIN7. The second-order valence-electron chi connectivity index (χ2n) is 5.14. The first-order valence-corrected chi connectivity index (χ1v) is 7.97. The second kappa shape index (κ2) is 9.52. The van der Waals surface area contributed by atoms with Crippen LogP contribution in [0, 0.1) is 0 Å². The lowest BCUT2D eigenvalue weighted by atomic mass is 10.2. The Morgan fingerprint density at radius 3 is 2.84 bits per heavy atom. The zero-order valence-corrected chi connectivity index (χ0v) is 16.8. The van der Waals surface area contributed by atoms with Gasteiger partial charge in [-0.3, -0.25) is 9.39 Å². The average Bonchev–Trinajstić information content (AvgIpc) is 3.03. The van der Waals surface area contributed by atoms with Crippen LogP contribution in [0.25, 0.3) is 5.65 Å². The summed E-state index contributed by atoms with van der Waals surface area (Å²) in [4.78, 5) is 8.28. The fourth-order valence-electron chi connectivity index (χ4n) is 2.27. The third kappa shape index (κ3) is 5.27. The smallest absolute Gasteiger partial charge is 0.191 e. The molecule has 0 aliphatic rings. The van der Waals surface area contributed by atoms with Crippen LogP contribution >= 0.6 is 35.6 Å². The number of hydrogen-bond acceptors (Lipinski definition) is 4. The van der Waals surface area contributed by atoms with Crippen molar-refractivity contribution in [3.05, 3.63) is 59.3 Å². The van der Waals surface area contributed by atoms with Gasteiger partial charge >= 0.3 is 0 Å². The van der Waals surface area contributed by atoms with Crippen LogP contribution in [0.1, 0.15) is 11.4 Å². The van der Waals surface area contributed by atoms with E-state index in [1.54, 1.807) is 19.3 Å². The van der Waals surface area contributed by atoms with Gasteiger partial charge in [-0.2, -0.15) is 0 Å². The van der Waals surface area contributed by atoms with Crippen molar-refractivity contribution in [1.82, 2.24) is 30.2 Å². The maximum absolute atomic E-state index is 5.78. The molecule has 0 saturated heterocycles. The molecule has 132 valence electrons. The first kappa shape index (κ1) is 19.4. The quantitative estimate of drug-likeness (QED) is 0.258. The van der Waals surface area contributed by atoms with Gasteiger partial charge in [-0.15, -0.1) is 34.2 Å². The number of aromatic nitrogens is 4. The first-order chi connectivity index (χ1) is 11.8. The highest BCUT2D eigenvalue weighted by atomic mass is 127. The fraction of sp³-hybridized carbons (Fsp3) is 0.250. The van der Waals surface area contributed by atoms with E-state index in [2.05, 4.69) is 30.8 Å². The lowest BCUT2D eigenvalue weighted by Crippen LogP contribution is -2.38. The van der Waals surface area contributed by atoms with Gasteiger partial charge in [0.15, 0.2) is 17.4 Å². The predicted molar refractivity (Wildman–Crippen MR) is 110 cm³/mol. The molecule has 0 saturated carbocycles. The molecule has 0 atom stereocenters. The topological polar surface area (TPSA) is 79.5 Å². The van der Waals surface area contributed by atoms with Crippen molar-refractivity contribution in [2.24, 2.45) is 4.99 Å². The molecule has 7 nitrogen and oxygen atoms in total. The van der Waals surface area contributed by atoms with Crippen LogP contribution < -0.4 is 10.6 Å². The van der Waals surface area contributed by atoms with E-state index in [1.165, 1.54) is 0 Å². The summed E-state index contributed by atoms with van der Waals surface area (Å²) in [6.45, 7) is 1.27. The van der Waals surface area contributed by atoms with Crippen molar-refractivity contribution in [2.75, 3.05) is 13.6 Å². The van der Waals surface area contributed by atoms with Gasteiger partial charge in [0.25, 0.3) is 0 Å². The van der Waals surface area contributed by atoms with Gasteiger partial charge in [-0.05, 0) is 30.2 Å². The molecule has 0 amide bonds. The molecule has 0 spiro atoms. The molecule has 3 aromatic heterocycles. The van der Waals surface area contributed by atoms with Gasteiger partial charge in [0, 0.05) is 26.0 Å². The lowest BCUT2D eigenvalue weighted by molar-refractivity contribution is 0.756. The van der Waals surface area contributed by atoms with E-state index in [-0.39, 0.29) is 24.0 Å². The van der Waals surface area contributed by atoms with Gasteiger partial charge < -0.3 is 10.6 Å². The number of guanidine groups is 1. The highest BCUT2D eigenvalue weighted by Crippen LogP contribution is 2.05. The maximum Gasteiger partial charge on any atom is 0.191 e. The second-order valence-corrected chi connectivity index (χ2v) is 5.52. The van der Waals surface area contributed by atoms with Gasteiger partial charge in [-0.1, -0.05) is 23.7 Å². The van der Waals surface area contributed by atoms with E-state index in [0.717, 1.165) is 30.0 Å². The summed E-state index contributed by atoms with van der Waals surface area (Å²) < 4.78 is 1.94. The molecule has 3 rings (SSSR count). The maximum atomic E-state index is 5.78. The Hall–Kier alpha value is -1.94. The van der Waals surface area contributed by atoms with E-state index >= 15 is 0 Å². The van der Waals surface area contributed by atoms with Crippen LogP contribution in [-0.2, 0) is 13.0 Å². The molecule has 25 heavy (non-hydrogen) atoms. The first-order valence-electron chi connectivity index (χ1n) is 7.60. The number of nitrogens with one attached hydrogen (secondary N) is 2. The summed E-state index contributed by atoms with van der Waals surface area (Å²) in [5, 5.41) is 15.3. The summed E-state index contributed by atoms with van der Waals surface area (Å²) in [5.41, 5.74) is 1.94. The lowest BCUT2D eigenvalue weighted by Gasteiger charge is -2.11. The number of hydrogen-bond donors (Lipinski definition) is 2. The van der Waals surface area contributed by atoms with E-state index in [4.69, 9.17) is 11.6 Å². The molecule has 3 aromatic rings. The molecule has 3 heterocycles. The third-order valence-corrected chi connectivity index (χ3v) is 3.74. The van der Waals surface area contributed by atoms with Crippen LogP contribution in [0.15, 0.2) is 47.7 Å². The molecule has 9 heteroatoms. The summed E-state index contributed by atoms with van der Waals surface area (Å²) >= 11 is 5.78. The average molecular weight is 472 g/mol. The molecule has 2 N–H and O–H groups in total. The number of fused-ring (bicyclic) bond motifs is 1. The van der Waals surface area contributed by atoms with Gasteiger partial charge in [0.05, 0.1) is 6.54 Å². The Morgan fingerprint density at radius 2 is 2.08 bits per heavy atom. The number of aliphatic imine (C=N–C) groups is 1. The standard InChI is InChI=1S/C16H18ClN7.HI/c1-18-16(19-8-7-12-5-6-13(17)20-10-12)21-11-15-23-22-14-4-2-3-9-24(14)15;/h2-6,9-10H,7-8,11H2,1H3,(H2,18,19,21);1H. The van der Waals surface area contributed by atoms with Crippen molar-refractivity contribution in [3.63, 3.8) is 0 Å². The van der Waals surface area contributed by atoms with E-state index < -0.39 is 0 Å². The molecule has 0 bridgehead atoms. The predicted octanol–water partition coefficient (Wildman–Crippen LogP) is 2.30. The summed E-state index contributed by atoms with van der Waals surface area (Å²) in [6.07, 6.45) is 4.55. The minimum Gasteiger partial charge on any atom is -0.356 e. The Kier molecular flexibility index (Phi) is 7.38. The van der Waals surface area contributed by atoms with Crippen molar-refractivity contribution >= 4 is 47.2 Å². The van der Waals surface area contributed by atoms with Gasteiger partial charge in [0.2, 0.25) is 0 Å². The van der Waals surface area contributed by atoms with Crippen LogP contribution in [0.2, 0.25) is 5.15 Å². The van der Waals surface area contributed by atoms with Crippen LogP contribution in [0.3, 0.4) is 0 Å². The number of rotatable bonds is 5. The molecule has 0 unspecified atom stereocenters. The summed E-state index contributed by atoms with van der Waals surface area (Å²) in [5.74, 6) is 1.54. The van der Waals surface area contributed by atoms with Gasteiger partial charge in [-0.25, -0.2) is 4.98 Å². The van der Waals surface area contributed by atoms with Crippen LogP contribution in [0.4, 0.5) is 0 Å². The van der Waals surface area contributed by atoms with Crippen molar-refractivity contribution in [1.29, 1.82) is 0 Å². The van der Waals surface area contributed by atoms with E-state index in [0.29, 0.717) is 17.7 Å². The molecule has 0 radical (unpaired) electrons. The molecule has 0 aromatic carbocycles. The third-order valence-electron chi connectivity index (χ3n) is 3.52. The molecule has 0 aliphatic heterocycles. The van der Waals surface area contributed by atoms with E-state index in [1.807, 2.05) is 34.9 Å². The van der Waals surface area contributed by atoms with Gasteiger partial charge in [0.1, 0.15) is 5.15 Å². The van der Waals surface area contributed by atoms with Crippen molar-refractivity contribution in [3.8, 4) is 0 Å². The number of halogens is 2. The Bertz CT molecular complexity index is 832. The minimum atomic E-state index is 0. The monoisotopic (exact) mass is 471 g/mol. The van der Waals surface area contributed by atoms with Crippen LogP contribution in [-0.4, -0.2) is 39.1 Å². The normalized spacial score (nSPS) is 11.2. The summed E-state index contributed by atoms with van der Waals surface area (Å²) in [6, 6.07) is 9.57.